The van der Waals surface area contributed by atoms with Gasteiger partial charge in [0.1, 0.15) is 13.2 Å². The van der Waals surface area contributed by atoms with Crippen molar-refractivity contribution in [1.82, 2.24) is 0 Å². The maximum atomic E-state index is 9.87. The number of carbonyl (C=O) groups is 1. The third-order valence-electron chi connectivity index (χ3n) is 0.523. The van der Waals surface area contributed by atoms with Gasteiger partial charge in [0.15, 0.2) is 0 Å². The molecule has 0 atom stereocenters. The fraction of sp³-hybridized carbons (Fsp3) is 0.667. The zero-order valence-corrected chi connectivity index (χ0v) is 7.75. The minimum absolute atomic E-state index is 0. The van der Waals surface area contributed by atoms with Crippen LogP contribution in [0.1, 0.15) is 0 Å². The van der Waals surface area contributed by atoms with Gasteiger partial charge >= 0.3 is 58.0 Å². The molecular formula is C3H4F6LiO3P. The van der Waals surface area contributed by atoms with Crippen LogP contribution in [-0.4, -0.2) is 19.4 Å². The fourth-order valence-corrected chi connectivity index (χ4v) is 0.292. The van der Waals surface area contributed by atoms with Crippen LogP contribution >= 0.6 is 7.81 Å². The molecule has 0 radical (unpaired) electrons. The molecule has 82 valence electrons. The number of halogens is 6. The summed E-state index contributed by atoms with van der Waals surface area (Å²) in [5.74, 6) is 0. The number of hydrogen-bond donors (Lipinski definition) is 0. The molecule has 0 aromatic heterocycles. The van der Waals surface area contributed by atoms with Gasteiger partial charge in [-0.15, -0.1) is 0 Å². The van der Waals surface area contributed by atoms with E-state index < -0.39 is 14.0 Å². The number of hydrogen-bond acceptors (Lipinski definition) is 3. The standard InChI is InChI=1S/C3H4O3.F6P.Li/c4-3-5-1-2-6-3;1-7(2,3,4,5)6;/h1-2H2;;/q;-1;+1. The van der Waals surface area contributed by atoms with Crippen LogP contribution in [0.15, 0.2) is 0 Å². The van der Waals surface area contributed by atoms with Gasteiger partial charge in [-0.3, -0.25) is 0 Å². The van der Waals surface area contributed by atoms with Gasteiger partial charge in [-0.2, -0.15) is 0 Å². The van der Waals surface area contributed by atoms with E-state index in [1.54, 1.807) is 0 Å². The molecule has 0 saturated carbocycles. The largest absolute Gasteiger partial charge is 1.00 e. The Morgan fingerprint density at radius 2 is 1.14 bits per heavy atom. The zero-order valence-electron chi connectivity index (χ0n) is 6.85. The Hall–Kier alpha value is -0.123. The summed E-state index contributed by atoms with van der Waals surface area (Å²) < 4.78 is 67.8. The molecule has 0 amide bonds. The minimum atomic E-state index is -10.7. The van der Waals surface area contributed by atoms with Gasteiger partial charge in [0.05, 0.1) is 0 Å². The number of cyclic esters (lactones) is 2. The van der Waals surface area contributed by atoms with Gasteiger partial charge in [0.2, 0.25) is 0 Å². The first-order valence-electron chi connectivity index (χ1n) is 2.70. The summed E-state index contributed by atoms with van der Waals surface area (Å²) in [4.78, 5) is 9.80. The van der Waals surface area contributed by atoms with E-state index in [0.717, 1.165) is 0 Å². The van der Waals surface area contributed by atoms with Crippen molar-refractivity contribution in [1.29, 1.82) is 0 Å². The summed E-state index contributed by atoms with van der Waals surface area (Å²) in [5, 5.41) is 0. The normalized spacial score (nSPS) is 20.0. The molecule has 0 aromatic rings. The van der Waals surface area contributed by atoms with Gasteiger partial charge < -0.3 is 9.47 Å². The number of rotatable bonds is 0. The van der Waals surface area contributed by atoms with Gasteiger partial charge in [-0.25, -0.2) is 4.79 Å². The van der Waals surface area contributed by atoms with Crippen molar-refractivity contribution in [2.45, 2.75) is 0 Å². The quantitative estimate of drug-likeness (QED) is 0.268. The van der Waals surface area contributed by atoms with Crippen LogP contribution in [-0.2, 0) is 9.47 Å². The molecular weight excluding hydrogens is 236 g/mol. The monoisotopic (exact) mass is 240 g/mol. The molecule has 0 aromatic carbocycles. The molecule has 14 heavy (non-hydrogen) atoms. The van der Waals surface area contributed by atoms with Crippen molar-refractivity contribution in [2.75, 3.05) is 13.2 Å². The Morgan fingerprint density at radius 1 is 0.929 bits per heavy atom. The van der Waals surface area contributed by atoms with Gasteiger partial charge in [0, 0.05) is 0 Å². The maximum Gasteiger partial charge on any atom is 1.00 e. The van der Waals surface area contributed by atoms with E-state index in [-0.39, 0.29) is 18.9 Å². The Bertz CT molecular complexity index is 190. The van der Waals surface area contributed by atoms with Crippen LogP contribution in [0.3, 0.4) is 0 Å². The average molecular weight is 240 g/mol. The Morgan fingerprint density at radius 3 is 1.21 bits per heavy atom. The maximum absolute atomic E-state index is 10.7. The molecule has 1 fully saturated rings. The molecule has 0 N–H and O–H groups in total. The van der Waals surface area contributed by atoms with Crippen molar-refractivity contribution in [2.24, 2.45) is 0 Å². The van der Waals surface area contributed by atoms with Crippen molar-refractivity contribution < 1.29 is 58.3 Å². The minimum Gasteiger partial charge on any atom is -0.431 e. The summed E-state index contributed by atoms with van der Waals surface area (Å²) in [5.41, 5.74) is 0. The molecule has 11 heteroatoms. The molecule has 0 bridgehead atoms. The van der Waals surface area contributed by atoms with Crippen molar-refractivity contribution in [3.05, 3.63) is 0 Å². The molecule has 0 spiro atoms. The number of carbonyl (C=O) groups excluding carboxylic acids is 1. The predicted molar refractivity (Wildman–Crippen MR) is 30.9 cm³/mol. The molecule has 1 saturated heterocycles. The van der Waals surface area contributed by atoms with E-state index >= 15 is 0 Å². The first-order chi connectivity index (χ1) is 5.34. The molecule has 1 aliphatic rings. The third-order valence-corrected chi connectivity index (χ3v) is 0.523. The molecule has 3 nitrogen and oxygen atoms in total. The van der Waals surface area contributed by atoms with E-state index in [9.17, 15) is 30.0 Å². The fourth-order valence-electron chi connectivity index (χ4n) is 0.292. The van der Waals surface area contributed by atoms with E-state index in [4.69, 9.17) is 0 Å². The Kier molecular flexibility index (Phi) is 4.42. The van der Waals surface area contributed by atoms with Crippen LogP contribution in [0.4, 0.5) is 30.0 Å². The second-order valence-electron chi connectivity index (χ2n) is 1.91. The van der Waals surface area contributed by atoms with Gasteiger partial charge in [-0.05, 0) is 0 Å². The summed E-state index contributed by atoms with van der Waals surface area (Å²) >= 11 is 0. The van der Waals surface area contributed by atoms with E-state index in [0.29, 0.717) is 13.2 Å². The van der Waals surface area contributed by atoms with Crippen molar-refractivity contribution in [3.8, 4) is 0 Å². The molecule has 1 rings (SSSR count). The predicted octanol–water partition coefficient (Wildman–Crippen LogP) is 0.540. The van der Waals surface area contributed by atoms with E-state index in [2.05, 4.69) is 9.47 Å². The topological polar surface area (TPSA) is 35.5 Å². The average Bonchev–Trinajstić information content (AvgIpc) is 2.07. The van der Waals surface area contributed by atoms with Crippen molar-refractivity contribution in [3.63, 3.8) is 0 Å². The molecule has 1 heterocycles. The Balaban J connectivity index is 0. The van der Waals surface area contributed by atoms with Crippen LogP contribution < -0.4 is 18.9 Å². The molecule has 0 unspecified atom stereocenters. The van der Waals surface area contributed by atoms with Crippen LogP contribution in [0, 0.1) is 0 Å². The first-order valence-corrected chi connectivity index (χ1v) is 4.73. The number of ether oxygens (including phenoxy) is 2. The summed E-state index contributed by atoms with van der Waals surface area (Å²) in [6.45, 7) is 0.831. The second-order valence-corrected chi connectivity index (χ2v) is 3.82. The van der Waals surface area contributed by atoms with E-state index in [1.807, 2.05) is 0 Å². The second kappa shape index (κ2) is 3.80. The summed E-state index contributed by atoms with van der Waals surface area (Å²) in [6.07, 6.45) is -0.546. The summed E-state index contributed by atoms with van der Waals surface area (Å²) in [6, 6.07) is 0. The zero-order chi connectivity index (χ0) is 10.8. The smallest absolute Gasteiger partial charge is 0.431 e. The van der Waals surface area contributed by atoms with Crippen LogP contribution in [0.2, 0.25) is 0 Å². The Labute approximate surface area is 86.1 Å². The van der Waals surface area contributed by atoms with Crippen LogP contribution in [0.25, 0.3) is 0 Å². The van der Waals surface area contributed by atoms with Crippen LogP contribution in [0.5, 0.6) is 0 Å². The molecule has 1 aliphatic heterocycles. The SMILES string of the molecule is F[P-](F)(F)(F)(F)F.O=C1OCCO1.[Li+]. The van der Waals surface area contributed by atoms with Gasteiger partial charge in [-0.1, -0.05) is 0 Å². The molecule has 0 aliphatic carbocycles. The third kappa shape index (κ3) is 29.7. The van der Waals surface area contributed by atoms with Gasteiger partial charge in [0.25, 0.3) is 0 Å². The first kappa shape index (κ1) is 16.3. The van der Waals surface area contributed by atoms with Crippen molar-refractivity contribution >= 4 is 14.0 Å². The van der Waals surface area contributed by atoms with E-state index in [1.165, 1.54) is 0 Å². The summed E-state index contributed by atoms with van der Waals surface area (Å²) in [7, 11) is -10.7.